The van der Waals surface area contributed by atoms with Crippen LogP contribution in [0.3, 0.4) is 0 Å². The predicted octanol–water partition coefficient (Wildman–Crippen LogP) is 3.67. The second-order valence-corrected chi connectivity index (χ2v) is 7.76. The first-order valence-electron chi connectivity index (χ1n) is 9.04. The summed E-state index contributed by atoms with van der Waals surface area (Å²) < 4.78 is 0. The summed E-state index contributed by atoms with van der Waals surface area (Å²) >= 11 is 0. The number of likely N-dealkylation sites (tertiary alicyclic amines) is 1. The summed E-state index contributed by atoms with van der Waals surface area (Å²) in [6.45, 7) is 2.69. The topological polar surface area (TPSA) is 57.6 Å². The molecule has 1 aliphatic carbocycles. The Bertz CT molecular complexity index is 592. The zero-order chi connectivity index (χ0) is 17.2. The van der Waals surface area contributed by atoms with Gasteiger partial charge in [0, 0.05) is 19.5 Å². The lowest BCUT2D eigenvalue weighted by Crippen LogP contribution is -2.35. The fourth-order valence-corrected chi connectivity index (χ4v) is 4.15. The highest BCUT2D eigenvalue weighted by atomic mass is 16.4. The van der Waals surface area contributed by atoms with E-state index in [1.54, 1.807) is 11.8 Å². The maximum atomic E-state index is 12.5. The minimum atomic E-state index is -0.791. The van der Waals surface area contributed by atoms with E-state index in [0.29, 0.717) is 37.8 Å². The molecule has 1 aliphatic heterocycles. The van der Waals surface area contributed by atoms with Crippen LogP contribution < -0.4 is 0 Å². The van der Waals surface area contributed by atoms with E-state index in [9.17, 15) is 14.7 Å². The SMILES string of the molecule is CC1(C(=O)O)CCN(C(=O)CC2CCC(c3ccccc3)CC2)C1. The summed E-state index contributed by atoms with van der Waals surface area (Å²) in [4.78, 5) is 25.6. The van der Waals surface area contributed by atoms with E-state index in [1.807, 2.05) is 0 Å². The molecule has 4 heteroatoms. The summed E-state index contributed by atoms with van der Waals surface area (Å²) in [5.41, 5.74) is 0.653. The third kappa shape index (κ3) is 3.63. The van der Waals surface area contributed by atoms with Gasteiger partial charge in [-0.25, -0.2) is 0 Å². The van der Waals surface area contributed by atoms with E-state index in [1.165, 1.54) is 5.56 Å². The molecule has 1 amide bonds. The number of rotatable bonds is 4. The maximum Gasteiger partial charge on any atom is 0.311 e. The summed E-state index contributed by atoms with van der Waals surface area (Å²) in [5, 5.41) is 9.29. The van der Waals surface area contributed by atoms with Crippen molar-refractivity contribution in [3.63, 3.8) is 0 Å². The van der Waals surface area contributed by atoms with Crippen LogP contribution in [0.4, 0.5) is 0 Å². The number of benzene rings is 1. The second-order valence-electron chi connectivity index (χ2n) is 7.76. The largest absolute Gasteiger partial charge is 0.481 e. The summed E-state index contributed by atoms with van der Waals surface area (Å²) in [7, 11) is 0. The maximum absolute atomic E-state index is 12.5. The molecule has 1 aromatic rings. The van der Waals surface area contributed by atoms with Gasteiger partial charge in [0.25, 0.3) is 0 Å². The highest BCUT2D eigenvalue weighted by molar-refractivity contribution is 5.80. The quantitative estimate of drug-likeness (QED) is 0.917. The molecule has 1 saturated carbocycles. The first-order chi connectivity index (χ1) is 11.5. The standard InChI is InChI=1S/C20H27NO3/c1-20(19(23)24)11-12-21(14-20)18(22)13-15-7-9-17(10-8-15)16-5-3-2-4-6-16/h2-6,15,17H,7-14H2,1H3,(H,23,24). The Hall–Kier alpha value is -1.84. The molecule has 1 atom stereocenters. The average Bonchev–Trinajstić information content (AvgIpc) is 3.00. The van der Waals surface area contributed by atoms with Crippen molar-refractivity contribution in [2.45, 2.75) is 51.4 Å². The van der Waals surface area contributed by atoms with Crippen molar-refractivity contribution in [2.24, 2.45) is 11.3 Å². The molecule has 1 unspecified atom stereocenters. The van der Waals surface area contributed by atoms with Crippen molar-refractivity contribution in [3.05, 3.63) is 35.9 Å². The molecule has 0 spiro atoms. The first-order valence-corrected chi connectivity index (χ1v) is 9.04. The van der Waals surface area contributed by atoms with Gasteiger partial charge in [-0.05, 0) is 56.4 Å². The van der Waals surface area contributed by atoms with Crippen LogP contribution in [0.5, 0.6) is 0 Å². The summed E-state index contributed by atoms with van der Waals surface area (Å²) in [5.74, 6) is 0.429. The number of carbonyl (C=O) groups excluding carboxylic acids is 1. The van der Waals surface area contributed by atoms with Gasteiger partial charge in [0.1, 0.15) is 0 Å². The van der Waals surface area contributed by atoms with Crippen molar-refractivity contribution in [2.75, 3.05) is 13.1 Å². The Morgan fingerprint density at radius 2 is 1.83 bits per heavy atom. The van der Waals surface area contributed by atoms with Gasteiger partial charge in [0.15, 0.2) is 0 Å². The van der Waals surface area contributed by atoms with Crippen LogP contribution in [0, 0.1) is 11.3 Å². The van der Waals surface area contributed by atoms with E-state index in [4.69, 9.17) is 0 Å². The Morgan fingerprint density at radius 3 is 2.42 bits per heavy atom. The third-order valence-electron chi connectivity index (χ3n) is 5.92. The number of hydrogen-bond donors (Lipinski definition) is 1. The van der Waals surface area contributed by atoms with Gasteiger partial charge in [-0.3, -0.25) is 9.59 Å². The van der Waals surface area contributed by atoms with Gasteiger partial charge in [-0.1, -0.05) is 30.3 Å². The van der Waals surface area contributed by atoms with Crippen LogP contribution in [0.25, 0.3) is 0 Å². The lowest BCUT2D eigenvalue weighted by atomic mass is 9.77. The van der Waals surface area contributed by atoms with Crippen LogP contribution in [0.15, 0.2) is 30.3 Å². The van der Waals surface area contributed by atoms with Crippen LogP contribution in [-0.2, 0) is 9.59 Å². The molecule has 3 rings (SSSR count). The summed E-state index contributed by atoms with van der Waals surface area (Å²) in [6.07, 6.45) is 5.63. The number of aliphatic carboxylic acids is 1. The van der Waals surface area contributed by atoms with Gasteiger partial charge in [-0.2, -0.15) is 0 Å². The van der Waals surface area contributed by atoms with Gasteiger partial charge in [-0.15, -0.1) is 0 Å². The molecule has 24 heavy (non-hydrogen) atoms. The van der Waals surface area contributed by atoms with Crippen LogP contribution >= 0.6 is 0 Å². The molecule has 130 valence electrons. The first kappa shape index (κ1) is 17.0. The lowest BCUT2D eigenvalue weighted by Gasteiger charge is -2.29. The predicted molar refractivity (Wildman–Crippen MR) is 92.7 cm³/mol. The van der Waals surface area contributed by atoms with Gasteiger partial charge in [0.2, 0.25) is 5.91 Å². The molecule has 0 aromatic heterocycles. The van der Waals surface area contributed by atoms with Gasteiger partial charge < -0.3 is 10.0 Å². The summed E-state index contributed by atoms with van der Waals surface area (Å²) in [6, 6.07) is 10.6. The van der Waals surface area contributed by atoms with Crippen molar-refractivity contribution < 1.29 is 14.7 Å². The van der Waals surface area contributed by atoms with E-state index in [0.717, 1.165) is 25.7 Å². The number of amides is 1. The molecule has 2 fully saturated rings. The van der Waals surface area contributed by atoms with Crippen molar-refractivity contribution >= 4 is 11.9 Å². The molecule has 2 aliphatic rings. The van der Waals surface area contributed by atoms with E-state index in [2.05, 4.69) is 30.3 Å². The molecule has 1 N–H and O–H groups in total. The molecule has 1 saturated heterocycles. The highest BCUT2D eigenvalue weighted by Gasteiger charge is 2.42. The Balaban J connectivity index is 1.48. The smallest absolute Gasteiger partial charge is 0.311 e. The fourth-order valence-electron chi connectivity index (χ4n) is 4.15. The fraction of sp³-hybridized carbons (Fsp3) is 0.600. The van der Waals surface area contributed by atoms with Crippen molar-refractivity contribution in [1.29, 1.82) is 0 Å². The zero-order valence-corrected chi connectivity index (χ0v) is 14.4. The molecule has 0 bridgehead atoms. The Labute approximate surface area is 143 Å². The minimum Gasteiger partial charge on any atom is -0.481 e. The normalized spacial score (nSPS) is 30.3. The van der Waals surface area contributed by atoms with Gasteiger partial charge >= 0.3 is 5.97 Å². The molecule has 1 aromatic carbocycles. The zero-order valence-electron chi connectivity index (χ0n) is 14.4. The Morgan fingerprint density at radius 1 is 1.17 bits per heavy atom. The van der Waals surface area contributed by atoms with E-state index in [-0.39, 0.29) is 5.91 Å². The molecular formula is C20H27NO3. The molecule has 0 radical (unpaired) electrons. The van der Waals surface area contributed by atoms with E-state index < -0.39 is 11.4 Å². The highest BCUT2D eigenvalue weighted by Crippen LogP contribution is 2.38. The number of carbonyl (C=O) groups is 2. The molecule has 4 nitrogen and oxygen atoms in total. The third-order valence-corrected chi connectivity index (χ3v) is 5.92. The van der Waals surface area contributed by atoms with Crippen LogP contribution in [0.2, 0.25) is 0 Å². The van der Waals surface area contributed by atoms with Crippen molar-refractivity contribution in [3.8, 4) is 0 Å². The number of carboxylic acid groups (broad SMARTS) is 1. The monoisotopic (exact) mass is 329 g/mol. The molecular weight excluding hydrogens is 302 g/mol. The number of carboxylic acids is 1. The average molecular weight is 329 g/mol. The minimum absolute atomic E-state index is 0.142. The van der Waals surface area contributed by atoms with Crippen LogP contribution in [-0.4, -0.2) is 35.0 Å². The number of nitrogens with zero attached hydrogens (tertiary/aromatic N) is 1. The molecule has 1 heterocycles. The van der Waals surface area contributed by atoms with Gasteiger partial charge in [0.05, 0.1) is 5.41 Å². The van der Waals surface area contributed by atoms with Crippen molar-refractivity contribution in [1.82, 2.24) is 4.90 Å². The van der Waals surface area contributed by atoms with Crippen LogP contribution in [0.1, 0.15) is 56.9 Å². The van der Waals surface area contributed by atoms with E-state index >= 15 is 0 Å². The second kappa shape index (κ2) is 6.96. The Kier molecular flexibility index (Phi) is 4.93. The lowest BCUT2D eigenvalue weighted by molar-refractivity contribution is -0.147. The number of hydrogen-bond acceptors (Lipinski definition) is 2.